The predicted octanol–water partition coefficient (Wildman–Crippen LogP) is 8.49. The maximum Gasteiger partial charge on any atom is 0.183 e. The van der Waals surface area contributed by atoms with Crippen LogP contribution in [0.15, 0.2) is 48.5 Å². The fourth-order valence-corrected chi connectivity index (χ4v) is 7.14. The molecule has 0 radical (unpaired) electrons. The summed E-state index contributed by atoms with van der Waals surface area (Å²) in [6, 6.07) is 17.6. The molecule has 0 heterocycles. The van der Waals surface area contributed by atoms with E-state index >= 15 is 0 Å². The third-order valence-corrected chi connectivity index (χ3v) is 10.1. The van der Waals surface area contributed by atoms with Crippen molar-refractivity contribution in [3.8, 4) is 0 Å². The van der Waals surface area contributed by atoms with Gasteiger partial charge in [-0.1, -0.05) is 98.7 Å². The van der Waals surface area contributed by atoms with E-state index in [0.29, 0.717) is 0 Å². The number of nitrogens with one attached hydrogen (secondary N) is 1. The Labute approximate surface area is 224 Å². The normalized spacial score (nSPS) is 14.6. The summed E-state index contributed by atoms with van der Waals surface area (Å²) >= 11 is 6.46. The van der Waals surface area contributed by atoms with Gasteiger partial charge in [0.1, 0.15) is 0 Å². The minimum Gasteiger partial charge on any atom is -0.377 e. The first kappa shape index (κ1) is 28.7. The number of fused-ring (bicyclic) bond motifs is 1. The molecule has 0 amide bonds. The number of benzene rings is 3. The van der Waals surface area contributed by atoms with Crippen LogP contribution >= 0.6 is 6.42 Å². The quantitative estimate of drug-likeness (QED) is 0.338. The topological polar surface area (TPSA) is 24.5 Å². The Morgan fingerprint density at radius 3 is 1.69 bits per heavy atom. The molecule has 0 aliphatic heterocycles. The number of rotatable bonds is 5. The molecule has 3 aromatic rings. The lowest BCUT2D eigenvalue weighted by Gasteiger charge is -2.36. The van der Waals surface area contributed by atoms with Crippen LogP contribution in [0.3, 0.4) is 0 Å². The molecule has 3 aromatic carbocycles. The van der Waals surface area contributed by atoms with Crippen LogP contribution in [0.25, 0.3) is 10.8 Å². The molecule has 0 saturated heterocycles. The molecule has 0 bridgehead atoms. The minimum atomic E-state index is -2.68. The minimum absolute atomic E-state index is 0.0379. The Balaban J connectivity index is 2.39. The van der Waals surface area contributed by atoms with Crippen molar-refractivity contribution in [3.05, 3.63) is 65.2 Å². The zero-order valence-electron chi connectivity index (χ0n) is 24.3. The van der Waals surface area contributed by atoms with Crippen LogP contribution in [-0.2, 0) is 32.6 Å². The smallest absolute Gasteiger partial charge is 0.183 e. The van der Waals surface area contributed by atoms with E-state index < -0.39 is 6.42 Å². The van der Waals surface area contributed by atoms with E-state index in [2.05, 4.69) is 135 Å². The Morgan fingerprint density at radius 2 is 1.28 bits per heavy atom. The van der Waals surface area contributed by atoms with Crippen molar-refractivity contribution >= 4 is 45.7 Å². The van der Waals surface area contributed by atoms with Gasteiger partial charge in [-0.25, -0.2) is 0 Å². The van der Waals surface area contributed by atoms with Gasteiger partial charge in [0, 0.05) is 43.3 Å². The molecule has 1 unspecified atom stereocenters. The van der Waals surface area contributed by atoms with Gasteiger partial charge in [0.05, 0.1) is 0 Å². The Kier molecular flexibility index (Phi) is 7.80. The lowest BCUT2D eigenvalue weighted by atomic mass is 9.74. The van der Waals surface area contributed by atoms with E-state index in [0.717, 1.165) is 22.1 Å². The molecule has 0 saturated carbocycles. The summed E-state index contributed by atoms with van der Waals surface area (Å²) < 4.78 is 6.30. The Morgan fingerprint density at radius 1 is 0.778 bits per heavy atom. The van der Waals surface area contributed by atoms with Crippen LogP contribution in [0.1, 0.15) is 79.0 Å². The van der Waals surface area contributed by atoms with Crippen molar-refractivity contribution in [3.63, 3.8) is 0 Å². The number of anilines is 2. The molecule has 0 spiro atoms. The van der Waals surface area contributed by atoms with E-state index in [1.54, 1.807) is 7.11 Å². The van der Waals surface area contributed by atoms with Crippen molar-refractivity contribution in [1.29, 1.82) is 0 Å². The third kappa shape index (κ3) is 5.67. The first-order valence-electron chi connectivity index (χ1n) is 12.7. The van der Waals surface area contributed by atoms with E-state index in [1.165, 1.54) is 22.1 Å². The summed E-state index contributed by atoms with van der Waals surface area (Å²) in [7, 11) is 5.91. The van der Waals surface area contributed by atoms with Gasteiger partial charge in [0.2, 0.25) is 0 Å². The lowest BCUT2D eigenvalue weighted by Crippen LogP contribution is -2.25. The summed E-state index contributed by atoms with van der Waals surface area (Å²) in [6.07, 6.45) is -2.68. The van der Waals surface area contributed by atoms with Crippen LogP contribution in [0.5, 0.6) is 0 Å². The van der Waals surface area contributed by atoms with Gasteiger partial charge >= 0.3 is 0 Å². The van der Waals surface area contributed by atoms with Crippen LogP contribution in [-0.4, -0.2) is 21.2 Å². The molecule has 1 atom stereocenters. The lowest BCUT2D eigenvalue weighted by molar-refractivity contribution is 0.469. The second-order valence-electron chi connectivity index (χ2n) is 13.1. The molecule has 0 aromatic heterocycles. The van der Waals surface area contributed by atoms with E-state index in [4.69, 9.17) is 16.3 Å². The number of hydrogen-bond donors (Lipinski definition) is 1. The van der Waals surface area contributed by atoms with Gasteiger partial charge in [-0.2, -0.15) is 0 Å². The summed E-state index contributed by atoms with van der Waals surface area (Å²) in [5.74, 6) is 0. The molecule has 36 heavy (non-hydrogen) atoms. The molecule has 3 rings (SSSR count). The first-order valence-corrected chi connectivity index (χ1v) is 15.5. The van der Waals surface area contributed by atoms with Crippen molar-refractivity contribution in [2.45, 2.75) is 78.6 Å². The summed E-state index contributed by atoms with van der Waals surface area (Å²) in [6.45, 7) is 20.5. The molecule has 0 fully saturated rings. The molecule has 0 aliphatic rings. The van der Waals surface area contributed by atoms with Gasteiger partial charge < -0.3 is 14.5 Å². The highest BCUT2D eigenvalue weighted by Crippen LogP contribution is 2.52. The second-order valence-corrected chi connectivity index (χ2v) is 16.8. The van der Waals surface area contributed by atoms with Crippen molar-refractivity contribution < 1.29 is 4.52 Å². The van der Waals surface area contributed by atoms with E-state index in [9.17, 15) is 0 Å². The molecule has 196 valence electrons. The summed E-state index contributed by atoms with van der Waals surface area (Å²) in [5, 5.41) is 7.28. The fraction of sp³-hybridized carbons (Fsp3) is 0.484. The molecule has 5 heteroatoms. The van der Waals surface area contributed by atoms with Gasteiger partial charge in [0.25, 0.3) is 0 Å². The highest BCUT2D eigenvalue weighted by molar-refractivity contribution is 8.16. The van der Waals surface area contributed by atoms with E-state index in [-0.39, 0.29) is 16.2 Å². The summed E-state index contributed by atoms with van der Waals surface area (Å²) in [4.78, 5) is 2.15. The van der Waals surface area contributed by atoms with Gasteiger partial charge in [-0.15, -0.1) is 0 Å². The zero-order valence-corrected chi connectivity index (χ0v) is 26.0. The Hall–Kier alpha value is -1.87. The van der Waals surface area contributed by atoms with Gasteiger partial charge in [0.15, 0.2) is 6.42 Å². The van der Waals surface area contributed by atoms with Gasteiger partial charge in [-0.05, 0) is 62.3 Å². The molecule has 1 N–H and O–H groups in total. The average molecular weight is 525 g/mol. The Bertz CT molecular complexity index is 1270. The van der Waals surface area contributed by atoms with Crippen LogP contribution in [0, 0.1) is 0 Å². The maximum absolute atomic E-state index is 6.46. The largest absolute Gasteiger partial charge is 0.377 e. The van der Waals surface area contributed by atoms with Crippen LogP contribution < -0.4 is 15.3 Å². The van der Waals surface area contributed by atoms with Crippen molar-refractivity contribution in [2.24, 2.45) is 0 Å². The highest BCUT2D eigenvalue weighted by Gasteiger charge is 2.33. The first-order chi connectivity index (χ1) is 16.4. The zero-order chi connectivity index (χ0) is 27.3. The van der Waals surface area contributed by atoms with Crippen LogP contribution in [0.4, 0.5) is 11.4 Å². The summed E-state index contributed by atoms with van der Waals surface area (Å²) in [5.41, 5.74) is 6.04. The van der Waals surface area contributed by atoms with Crippen molar-refractivity contribution in [1.82, 2.24) is 0 Å². The average Bonchev–Trinajstić information content (AvgIpc) is 2.75. The van der Waals surface area contributed by atoms with Gasteiger partial charge in [-0.3, -0.25) is 0 Å². The van der Waals surface area contributed by atoms with E-state index in [1.807, 2.05) is 0 Å². The predicted molar refractivity (Wildman–Crippen MR) is 165 cm³/mol. The molecular formula is C31H45N2OPS. The molecule has 3 nitrogen and oxygen atoms in total. The molecule has 0 aliphatic carbocycles. The SMILES string of the molecule is COP(=S)(Nc1c(C(C)(C)C)cc(C(C)(C)C)cc1C(C)(C)C)c1cccc2cccc(N(C)C)c12. The standard InChI is InChI=1S/C31H45N2OPS/c1-29(2,3)22-19-23(30(4,5)6)28(24(20-22)31(7,8)9)32-35(36,34-12)26-18-14-16-21-15-13-17-25(27(21)26)33(10)11/h13-20H,1-12H3,(H,32,36). The molecular weight excluding hydrogens is 479 g/mol. The fourth-order valence-electron chi connectivity index (χ4n) is 4.65. The number of hydrogen-bond acceptors (Lipinski definition) is 3. The number of nitrogens with zero attached hydrogens (tertiary/aromatic N) is 1. The monoisotopic (exact) mass is 524 g/mol. The highest BCUT2D eigenvalue weighted by atomic mass is 32.4. The van der Waals surface area contributed by atoms with Crippen molar-refractivity contribution in [2.75, 3.05) is 31.2 Å². The second kappa shape index (κ2) is 9.78. The maximum atomic E-state index is 6.46. The van der Waals surface area contributed by atoms with Crippen LogP contribution in [0.2, 0.25) is 0 Å². The third-order valence-electron chi connectivity index (χ3n) is 6.80.